The number of rotatable bonds is 3. The zero-order valence-electron chi connectivity index (χ0n) is 8.26. The highest BCUT2D eigenvalue weighted by molar-refractivity contribution is 5.36. The van der Waals surface area contributed by atoms with Crippen molar-refractivity contribution in [2.75, 3.05) is 5.32 Å². The standard InChI is InChI=1S/C10H15FN2/c1-4-10(2,3)13-9-7-5-6-8(11)12-9/h5-7H,4H2,1-3H3,(H,12,13). The molecule has 0 amide bonds. The van der Waals surface area contributed by atoms with Crippen molar-refractivity contribution in [2.45, 2.75) is 32.7 Å². The molecule has 0 bridgehead atoms. The summed E-state index contributed by atoms with van der Waals surface area (Å²) in [5.41, 5.74) is -0.0409. The Bertz CT molecular complexity index is 284. The van der Waals surface area contributed by atoms with Crippen molar-refractivity contribution in [3.05, 3.63) is 24.1 Å². The summed E-state index contributed by atoms with van der Waals surface area (Å²) in [4.78, 5) is 3.73. The summed E-state index contributed by atoms with van der Waals surface area (Å²) < 4.78 is 12.7. The molecule has 0 saturated carbocycles. The van der Waals surface area contributed by atoms with E-state index in [9.17, 15) is 4.39 Å². The molecule has 0 saturated heterocycles. The van der Waals surface area contributed by atoms with Crippen molar-refractivity contribution < 1.29 is 4.39 Å². The lowest BCUT2D eigenvalue weighted by Gasteiger charge is -2.24. The van der Waals surface area contributed by atoms with E-state index in [0.29, 0.717) is 5.82 Å². The first kappa shape index (κ1) is 9.96. The summed E-state index contributed by atoms with van der Waals surface area (Å²) in [7, 11) is 0. The van der Waals surface area contributed by atoms with Gasteiger partial charge in [-0.15, -0.1) is 0 Å². The van der Waals surface area contributed by atoms with Crippen molar-refractivity contribution in [2.24, 2.45) is 0 Å². The predicted octanol–water partition coefficient (Wildman–Crippen LogP) is 2.82. The highest BCUT2D eigenvalue weighted by atomic mass is 19.1. The maximum absolute atomic E-state index is 12.7. The Morgan fingerprint density at radius 3 is 2.69 bits per heavy atom. The Morgan fingerprint density at radius 1 is 1.46 bits per heavy atom. The Balaban J connectivity index is 2.74. The average molecular weight is 182 g/mol. The van der Waals surface area contributed by atoms with Gasteiger partial charge in [0.15, 0.2) is 0 Å². The van der Waals surface area contributed by atoms with Crippen LogP contribution in [0.15, 0.2) is 18.2 Å². The summed E-state index contributed by atoms with van der Waals surface area (Å²) in [6.45, 7) is 6.19. The van der Waals surface area contributed by atoms with E-state index in [4.69, 9.17) is 0 Å². The zero-order valence-corrected chi connectivity index (χ0v) is 8.26. The van der Waals surface area contributed by atoms with Crippen LogP contribution in [-0.2, 0) is 0 Å². The van der Waals surface area contributed by atoms with E-state index >= 15 is 0 Å². The number of aromatic nitrogens is 1. The van der Waals surface area contributed by atoms with Gasteiger partial charge in [0.05, 0.1) is 0 Å². The molecule has 0 aromatic carbocycles. The molecular formula is C10H15FN2. The number of anilines is 1. The molecule has 0 fully saturated rings. The van der Waals surface area contributed by atoms with Gasteiger partial charge in [-0.2, -0.15) is 4.39 Å². The van der Waals surface area contributed by atoms with Crippen molar-refractivity contribution in [3.63, 3.8) is 0 Å². The quantitative estimate of drug-likeness (QED) is 0.727. The first-order valence-electron chi connectivity index (χ1n) is 4.44. The minimum absolute atomic E-state index is 0.0409. The van der Waals surface area contributed by atoms with Gasteiger partial charge < -0.3 is 5.32 Å². The highest BCUT2D eigenvalue weighted by Crippen LogP contribution is 2.15. The van der Waals surface area contributed by atoms with Gasteiger partial charge in [0.2, 0.25) is 5.95 Å². The molecule has 0 aliphatic heterocycles. The van der Waals surface area contributed by atoms with Crippen LogP contribution in [0.4, 0.5) is 10.2 Å². The number of hydrogen-bond donors (Lipinski definition) is 1. The van der Waals surface area contributed by atoms with Crippen LogP contribution in [0.1, 0.15) is 27.2 Å². The maximum atomic E-state index is 12.7. The van der Waals surface area contributed by atoms with Crippen molar-refractivity contribution >= 4 is 5.82 Å². The molecule has 0 unspecified atom stereocenters. The van der Waals surface area contributed by atoms with Gasteiger partial charge in [-0.05, 0) is 32.4 Å². The summed E-state index contributed by atoms with van der Waals surface area (Å²) in [6, 6.07) is 4.75. The molecule has 0 spiro atoms. The molecule has 0 atom stereocenters. The van der Waals surface area contributed by atoms with Gasteiger partial charge in [0.25, 0.3) is 0 Å². The highest BCUT2D eigenvalue weighted by Gasteiger charge is 2.14. The van der Waals surface area contributed by atoms with Crippen LogP contribution in [0.3, 0.4) is 0 Å². The molecule has 1 rings (SSSR count). The molecule has 1 aromatic heterocycles. The average Bonchev–Trinajstić information content (AvgIpc) is 2.03. The lowest BCUT2D eigenvalue weighted by atomic mass is 10.0. The second-order valence-corrected chi connectivity index (χ2v) is 3.71. The summed E-state index contributed by atoms with van der Waals surface area (Å²) in [5, 5.41) is 3.16. The smallest absolute Gasteiger partial charge is 0.214 e. The topological polar surface area (TPSA) is 24.9 Å². The van der Waals surface area contributed by atoms with Gasteiger partial charge in [-0.25, -0.2) is 4.98 Å². The van der Waals surface area contributed by atoms with Crippen LogP contribution in [0.25, 0.3) is 0 Å². The van der Waals surface area contributed by atoms with E-state index < -0.39 is 5.95 Å². The summed E-state index contributed by atoms with van der Waals surface area (Å²) in [6.07, 6.45) is 0.963. The summed E-state index contributed by atoms with van der Waals surface area (Å²) >= 11 is 0. The van der Waals surface area contributed by atoms with Crippen LogP contribution in [0.2, 0.25) is 0 Å². The van der Waals surface area contributed by atoms with Crippen molar-refractivity contribution in [1.29, 1.82) is 0 Å². The Kier molecular flexibility index (Phi) is 2.86. The maximum Gasteiger partial charge on any atom is 0.214 e. The molecule has 0 aliphatic rings. The minimum atomic E-state index is -0.447. The van der Waals surface area contributed by atoms with E-state index in [1.807, 2.05) is 0 Å². The third-order valence-electron chi connectivity index (χ3n) is 2.07. The molecule has 1 aromatic rings. The molecule has 2 nitrogen and oxygen atoms in total. The van der Waals surface area contributed by atoms with Gasteiger partial charge in [-0.1, -0.05) is 13.0 Å². The monoisotopic (exact) mass is 182 g/mol. The van der Waals surface area contributed by atoms with Gasteiger partial charge >= 0.3 is 0 Å². The lowest BCUT2D eigenvalue weighted by Crippen LogP contribution is -2.30. The van der Waals surface area contributed by atoms with E-state index in [0.717, 1.165) is 6.42 Å². The molecule has 0 aliphatic carbocycles. The van der Waals surface area contributed by atoms with Crippen LogP contribution in [0, 0.1) is 5.95 Å². The molecule has 0 radical (unpaired) electrons. The van der Waals surface area contributed by atoms with E-state index in [2.05, 4.69) is 31.1 Å². The number of halogens is 1. The van der Waals surface area contributed by atoms with Gasteiger partial charge in [-0.3, -0.25) is 0 Å². The molecule has 13 heavy (non-hydrogen) atoms. The van der Waals surface area contributed by atoms with Gasteiger partial charge in [0, 0.05) is 5.54 Å². The Hall–Kier alpha value is -1.12. The number of hydrogen-bond acceptors (Lipinski definition) is 2. The fourth-order valence-electron chi connectivity index (χ4n) is 0.913. The second kappa shape index (κ2) is 3.73. The number of nitrogens with one attached hydrogen (secondary N) is 1. The van der Waals surface area contributed by atoms with E-state index in [1.54, 1.807) is 12.1 Å². The second-order valence-electron chi connectivity index (χ2n) is 3.71. The Morgan fingerprint density at radius 2 is 2.15 bits per heavy atom. The molecule has 1 N–H and O–H groups in total. The van der Waals surface area contributed by atoms with E-state index in [1.165, 1.54) is 6.07 Å². The lowest BCUT2D eigenvalue weighted by molar-refractivity contribution is 0.537. The Labute approximate surface area is 78.2 Å². The SMILES string of the molecule is CCC(C)(C)Nc1cccc(F)n1. The third kappa shape index (κ3) is 3.01. The van der Waals surface area contributed by atoms with Crippen LogP contribution >= 0.6 is 0 Å². The normalized spacial score (nSPS) is 11.4. The first-order chi connectivity index (χ1) is 6.03. The fourth-order valence-corrected chi connectivity index (χ4v) is 0.913. The van der Waals surface area contributed by atoms with Gasteiger partial charge in [0.1, 0.15) is 5.82 Å². The van der Waals surface area contributed by atoms with Crippen LogP contribution < -0.4 is 5.32 Å². The fraction of sp³-hybridized carbons (Fsp3) is 0.500. The minimum Gasteiger partial charge on any atom is -0.365 e. The number of pyridine rings is 1. The van der Waals surface area contributed by atoms with Crippen LogP contribution in [-0.4, -0.2) is 10.5 Å². The van der Waals surface area contributed by atoms with E-state index in [-0.39, 0.29) is 5.54 Å². The van der Waals surface area contributed by atoms with Crippen LogP contribution in [0.5, 0.6) is 0 Å². The molecule has 3 heteroatoms. The number of nitrogens with zero attached hydrogens (tertiary/aromatic N) is 1. The largest absolute Gasteiger partial charge is 0.365 e. The molecule has 72 valence electrons. The molecule has 1 heterocycles. The first-order valence-corrected chi connectivity index (χ1v) is 4.44. The van der Waals surface area contributed by atoms with Crippen molar-refractivity contribution in [1.82, 2.24) is 4.98 Å². The van der Waals surface area contributed by atoms with Crippen molar-refractivity contribution in [3.8, 4) is 0 Å². The third-order valence-corrected chi connectivity index (χ3v) is 2.07. The summed E-state index contributed by atoms with van der Waals surface area (Å²) in [5.74, 6) is 0.142. The molecular weight excluding hydrogens is 167 g/mol. The zero-order chi connectivity index (χ0) is 9.90. The predicted molar refractivity (Wildman–Crippen MR) is 52.2 cm³/mol.